The predicted octanol–water partition coefficient (Wildman–Crippen LogP) is 1.82. The van der Waals surface area contributed by atoms with Gasteiger partial charge in [-0.1, -0.05) is 11.8 Å². The van der Waals surface area contributed by atoms with Crippen LogP contribution in [0.5, 0.6) is 0 Å². The Kier molecular flexibility index (Phi) is 2.92. The molecule has 2 N–H and O–H groups in total. The van der Waals surface area contributed by atoms with Gasteiger partial charge in [0.15, 0.2) is 0 Å². The Morgan fingerprint density at radius 2 is 2.00 bits per heavy atom. The molecule has 0 fully saturated rings. The van der Waals surface area contributed by atoms with Crippen molar-refractivity contribution in [3.05, 3.63) is 30.1 Å². The van der Waals surface area contributed by atoms with Gasteiger partial charge in [-0.2, -0.15) is 5.10 Å². The van der Waals surface area contributed by atoms with Gasteiger partial charge in [-0.05, 0) is 24.3 Å². The zero-order chi connectivity index (χ0) is 8.10. The highest BCUT2D eigenvalue weighted by Gasteiger charge is 1.90. The highest BCUT2D eigenvalue weighted by molar-refractivity contribution is 8.12. The molecule has 0 bridgehead atoms. The summed E-state index contributed by atoms with van der Waals surface area (Å²) in [7, 11) is 0. The predicted molar refractivity (Wildman–Crippen MR) is 44.9 cm³/mol. The van der Waals surface area contributed by atoms with Gasteiger partial charge in [-0.25, -0.2) is 4.39 Å². The highest BCUT2D eigenvalue weighted by atomic mass is 32.2. The minimum absolute atomic E-state index is 0.237. The first kappa shape index (κ1) is 8.07. The summed E-state index contributed by atoms with van der Waals surface area (Å²) in [5, 5.41) is 3.30. The number of thioether (sulfide) groups is 1. The molecule has 0 aliphatic heterocycles. The van der Waals surface area contributed by atoms with Crippen LogP contribution in [0.4, 0.5) is 4.39 Å². The van der Waals surface area contributed by atoms with E-state index in [0.717, 1.165) is 4.90 Å². The van der Waals surface area contributed by atoms with E-state index in [2.05, 4.69) is 5.10 Å². The van der Waals surface area contributed by atoms with Gasteiger partial charge >= 0.3 is 0 Å². The molecule has 0 amide bonds. The Balaban J connectivity index is 2.66. The van der Waals surface area contributed by atoms with Gasteiger partial charge in [0, 0.05) is 4.90 Å². The number of halogens is 1. The lowest BCUT2D eigenvalue weighted by Crippen LogP contribution is -1.79. The summed E-state index contributed by atoms with van der Waals surface area (Å²) in [6.45, 7) is 0. The summed E-state index contributed by atoms with van der Waals surface area (Å²) in [5.41, 5.74) is 1.49. The molecule has 0 spiro atoms. The number of rotatable bonds is 2. The number of hydrazone groups is 1. The molecule has 2 nitrogen and oxygen atoms in total. The van der Waals surface area contributed by atoms with E-state index in [1.807, 2.05) is 0 Å². The Hall–Kier alpha value is -1.03. The quantitative estimate of drug-likeness (QED) is 0.242. The second-order valence-corrected chi connectivity index (χ2v) is 2.74. The molecule has 0 radical (unpaired) electrons. The molecule has 1 aromatic carbocycles. The third-order valence-electron chi connectivity index (χ3n) is 1.06. The SMILES string of the molecule is N/N=C/Sc1ccc(F)cc1. The minimum Gasteiger partial charge on any atom is -0.323 e. The molecule has 0 atom stereocenters. The zero-order valence-electron chi connectivity index (χ0n) is 5.70. The van der Waals surface area contributed by atoms with Gasteiger partial charge in [0.25, 0.3) is 0 Å². The van der Waals surface area contributed by atoms with Crippen molar-refractivity contribution in [3.63, 3.8) is 0 Å². The molecule has 0 saturated heterocycles. The van der Waals surface area contributed by atoms with E-state index in [9.17, 15) is 4.39 Å². The van der Waals surface area contributed by atoms with Gasteiger partial charge in [0.05, 0.1) is 5.55 Å². The highest BCUT2D eigenvalue weighted by Crippen LogP contribution is 2.14. The van der Waals surface area contributed by atoms with Crippen molar-refractivity contribution < 1.29 is 4.39 Å². The van der Waals surface area contributed by atoms with Crippen molar-refractivity contribution in [2.75, 3.05) is 0 Å². The lowest BCUT2D eigenvalue weighted by Gasteiger charge is -1.92. The van der Waals surface area contributed by atoms with Crippen LogP contribution in [0.1, 0.15) is 0 Å². The fraction of sp³-hybridized carbons (Fsp3) is 0. The zero-order valence-corrected chi connectivity index (χ0v) is 6.51. The van der Waals surface area contributed by atoms with Crippen LogP contribution >= 0.6 is 11.8 Å². The van der Waals surface area contributed by atoms with Crippen molar-refractivity contribution in [2.24, 2.45) is 10.9 Å². The van der Waals surface area contributed by atoms with Crippen LogP contribution in [0.3, 0.4) is 0 Å². The van der Waals surface area contributed by atoms with E-state index < -0.39 is 0 Å². The van der Waals surface area contributed by atoms with Gasteiger partial charge < -0.3 is 5.84 Å². The number of hydrogen-bond acceptors (Lipinski definition) is 3. The number of benzene rings is 1. The largest absolute Gasteiger partial charge is 0.323 e. The van der Waals surface area contributed by atoms with Crippen molar-refractivity contribution in [3.8, 4) is 0 Å². The third-order valence-corrected chi connectivity index (χ3v) is 1.83. The normalized spacial score (nSPS) is 10.6. The first-order valence-electron chi connectivity index (χ1n) is 2.97. The number of nitrogens with zero attached hydrogens (tertiary/aromatic N) is 1. The van der Waals surface area contributed by atoms with Gasteiger partial charge in [-0.15, -0.1) is 0 Å². The lowest BCUT2D eigenvalue weighted by atomic mass is 10.4. The number of hydrogen-bond donors (Lipinski definition) is 1. The lowest BCUT2D eigenvalue weighted by molar-refractivity contribution is 0.626. The van der Waals surface area contributed by atoms with E-state index in [4.69, 9.17) is 5.84 Å². The summed E-state index contributed by atoms with van der Waals surface area (Å²) in [5.74, 6) is 4.64. The summed E-state index contributed by atoms with van der Waals surface area (Å²) in [6, 6.07) is 6.13. The molecule has 0 saturated carbocycles. The van der Waals surface area contributed by atoms with Crippen LogP contribution in [-0.4, -0.2) is 5.55 Å². The second-order valence-electron chi connectivity index (χ2n) is 1.83. The Morgan fingerprint density at radius 1 is 1.36 bits per heavy atom. The van der Waals surface area contributed by atoms with E-state index in [1.54, 1.807) is 12.1 Å². The van der Waals surface area contributed by atoms with Crippen LogP contribution in [0.15, 0.2) is 34.3 Å². The maximum atomic E-state index is 12.3. The number of nitrogens with two attached hydrogens (primary N) is 1. The summed E-state index contributed by atoms with van der Waals surface area (Å²) < 4.78 is 12.3. The molecule has 4 heteroatoms. The van der Waals surface area contributed by atoms with Crippen LogP contribution in [0.2, 0.25) is 0 Å². The molecule has 0 heterocycles. The van der Waals surface area contributed by atoms with Crippen molar-refractivity contribution >= 4 is 17.3 Å². The van der Waals surface area contributed by atoms with E-state index in [-0.39, 0.29) is 5.82 Å². The summed E-state index contributed by atoms with van der Waals surface area (Å²) >= 11 is 1.35. The van der Waals surface area contributed by atoms with Crippen LogP contribution in [-0.2, 0) is 0 Å². The standard InChI is InChI=1S/C7H7FN2S/c8-6-1-3-7(4-2-6)11-5-10-9/h1-5H,9H2/b10-5+. The van der Waals surface area contributed by atoms with Crippen LogP contribution < -0.4 is 5.84 Å². The Labute approximate surface area is 68.3 Å². The minimum atomic E-state index is -0.237. The molecule has 58 valence electrons. The average molecular weight is 170 g/mol. The molecular weight excluding hydrogens is 163 g/mol. The van der Waals surface area contributed by atoms with Crippen LogP contribution in [0.25, 0.3) is 0 Å². The molecular formula is C7H7FN2S. The molecule has 1 rings (SSSR count). The van der Waals surface area contributed by atoms with E-state index in [1.165, 1.54) is 29.4 Å². The van der Waals surface area contributed by atoms with Gasteiger partial charge in [0.2, 0.25) is 0 Å². The fourth-order valence-electron chi connectivity index (χ4n) is 0.604. The Bertz CT molecular complexity index is 245. The third kappa shape index (κ3) is 2.59. The smallest absolute Gasteiger partial charge is 0.123 e. The average Bonchev–Trinajstić information content (AvgIpc) is 2.04. The molecule has 0 unspecified atom stereocenters. The first-order chi connectivity index (χ1) is 5.33. The maximum Gasteiger partial charge on any atom is 0.123 e. The van der Waals surface area contributed by atoms with Gasteiger partial charge in [0.1, 0.15) is 5.82 Å². The van der Waals surface area contributed by atoms with E-state index in [0.29, 0.717) is 0 Å². The molecule has 11 heavy (non-hydrogen) atoms. The fourth-order valence-corrected chi connectivity index (χ4v) is 1.08. The monoisotopic (exact) mass is 170 g/mol. The summed E-state index contributed by atoms with van der Waals surface area (Å²) in [6.07, 6.45) is 0. The Morgan fingerprint density at radius 3 is 2.55 bits per heavy atom. The van der Waals surface area contributed by atoms with Gasteiger partial charge in [-0.3, -0.25) is 0 Å². The topological polar surface area (TPSA) is 38.4 Å². The van der Waals surface area contributed by atoms with Crippen molar-refractivity contribution in [1.82, 2.24) is 0 Å². The van der Waals surface area contributed by atoms with Crippen molar-refractivity contribution in [2.45, 2.75) is 4.90 Å². The second kappa shape index (κ2) is 3.98. The van der Waals surface area contributed by atoms with Crippen molar-refractivity contribution in [1.29, 1.82) is 0 Å². The molecule has 1 aromatic rings. The van der Waals surface area contributed by atoms with E-state index >= 15 is 0 Å². The molecule has 0 aromatic heterocycles. The van der Waals surface area contributed by atoms with Crippen LogP contribution in [0, 0.1) is 5.82 Å². The maximum absolute atomic E-state index is 12.3. The first-order valence-corrected chi connectivity index (χ1v) is 3.85. The molecule has 0 aliphatic rings. The molecule has 0 aliphatic carbocycles. The summed E-state index contributed by atoms with van der Waals surface area (Å²) in [4.78, 5) is 0.917.